The lowest BCUT2D eigenvalue weighted by molar-refractivity contribution is 0.415. The third-order valence-corrected chi connectivity index (χ3v) is 3.30. The van der Waals surface area contributed by atoms with Crippen molar-refractivity contribution in [3.05, 3.63) is 58.4 Å². The van der Waals surface area contributed by atoms with Gasteiger partial charge < -0.3 is 9.72 Å². The molecular formula is C16H14N2O2. The number of fused-ring (bicyclic) bond motifs is 1. The summed E-state index contributed by atoms with van der Waals surface area (Å²) in [6, 6.07) is 13.1. The van der Waals surface area contributed by atoms with Crippen LogP contribution in [-0.2, 0) is 0 Å². The summed E-state index contributed by atoms with van der Waals surface area (Å²) in [4.78, 5) is 19.5. The molecule has 0 saturated carbocycles. The van der Waals surface area contributed by atoms with Crippen LogP contribution in [0.15, 0.2) is 47.3 Å². The molecule has 0 aliphatic heterocycles. The van der Waals surface area contributed by atoms with Gasteiger partial charge in [0.05, 0.1) is 18.1 Å². The fourth-order valence-corrected chi connectivity index (χ4v) is 2.21. The lowest BCUT2D eigenvalue weighted by Crippen LogP contribution is -2.12. The summed E-state index contributed by atoms with van der Waals surface area (Å²) in [7, 11) is 1.61. The Hall–Kier alpha value is -2.62. The highest BCUT2D eigenvalue weighted by Gasteiger charge is 2.09. The molecule has 1 aromatic heterocycles. The molecular weight excluding hydrogens is 252 g/mol. The molecule has 0 aliphatic rings. The van der Waals surface area contributed by atoms with Gasteiger partial charge in [0.1, 0.15) is 11.4 Å². The minimum Gasteiger partial charge on any atom is -0.497 e. The average Bonchev–Trinajstić information content (AvgIpc) is 2.47. The number of methoxy groups -OCH3 is 1. The van der Waals surface area contributed by atoms with E-state index in [1.807, 2.05) is 37.3 Å². The molecule has 100 valence electrons. The third-order valence-electron chi connectivity index (χ3n) is 3.30. The van der Waals surface area contributed by atoms with Gasteiger partial charge in [-0.1, -0.05) is 24.3 Å². The van der Waals surface area contributed by atoms with Crippen LogP contribution in [0.1, 0.15) is 5.56 Å². The van der Waals surface area contributed by atoms with Gasteiger partial charge >= 0.3 is 0 Å². The second-order valence-electron chi connectivity index (χ2n) is 4.61. The number of benzene rings is 2. The number of aromatic nitrogens is 2. The van der Waals surface area contributed by atoms with Crippen LogP contribution in [0.25, 0.3) is 22.3 Å². The lowest BCUT2D eigenvalue weighted by atomic mass is 10.1. The zero-order valence-corrected chi connectivity index (χ0v) is 11.3. The first-order chi connectivity index (χ1) is 9.69. The number of aromatic amines is 1. The fraction of sp³-hybridized carbons (Fsp3) is 0.125. The predicted octanol–water partition coefficient (Wildman–Crippen LogP) is 2.91. The van der Waals surface area contributed by atoms with Gasteiger partial charge in [-0.3, -0.25) is 4.79 Å². The molecule has 0 bridgehead atoms. The molecule has 2 aromatic carbocycles. The molecule has 4 heteroatoms. The molecule has 0 saturated heterocycles. The minimum absolute atomic E-state index is 0.183. The largest absolute Gasteiger partial charge is 0.497 e. The van der Waals surface area contributed by atoms with Crippen LogP contribution >= 0.6 is 0 Å². The first kappa shape index (κ1) is 12.4. The minimum atomic E-state index is -0.183. The SMILES string of the molecule is COc1ccc2[nH]c(=O)c(-c3ccccc3C)nc2c1. The van der Waals surface area contributed by atoms with Crippen LogP contribution in [0.2, 0.25) is 0 Å². The van der Waals surface area contributed by atoms with Gasteiger partial charge in [-0.15, -0.1) is 0 Å². The Labute approximate surface area is 116 Å². The molecule has 0 unspecified atom stereocenters. The van der Waals surface area contributed by atoms with Gasteiger partial charge in [0.15, 0.2) is 0 Å². The number of H-pyrrole nitrogens is 1. The van der Waals surface area contributed by atoms with Crippen molar-refractivity contribution < 1.29 is 4.74 Å². The van der Waals surface area contributed by atoms with Crippen LogP contribution < -0.4 is 10.3 Å². The topological polar surface area (TPSA) is 55.0 Å². The van der Waals surface area contributed by atoms with Crippen molar-refractivity contribution in [3.8, 4) is 17.0 Å². The zero-order valence-electron chi connectivity index (χ0n) is 11.3. The summed E-state index contributed by atoms with van der Waals surface area (Å²) in [6.45, 7) is 1.96. The normalized spacial score (nSPS) is 10.7. The van der Waals surface area contributed by atoms with Crippen molar-refractivity contribution in [2.45, 2.75) is 6.92 Å². The van der Waals surface area contributed by atoms with E-state index >= 15 is 0 Å². The summed E-state index contributed by atoms with van der Waals surface area (Å²) in [6.07, 6.45) is 0. The number of rotatable bonds is 2. The number of hydrogen-bond acceptors (Lipinski definition) is 3. The fourth-order valence-electron chi connectivity index (χ4n) is 2.21. The summed E-state index contributed by atoms with van der Waals surface area (Å²) < 4.78 is 5.19. The van der Waals surface area contributed by atoms with Crippen LogP contribution in [0.5, 0.6) is 5.75 Å². The van der Waals surface area contributed by atoms with Crippen LogP contribution in [0.4, 0.5) is 0 Å². The molecule has 3 aromatic rings. The number of ether oxygens (including phenoxy) is 1. The Bertz CT molecular complexity index is 837. The maximum absolute atomic E-state index is 12.2. The average molecular weight is 266 g/mol. The highest BCUT2D eigenvalue weighted by atomic mass is 16.5. The van der Waals surface area contributed by atoms with Crippen LogP contribution in [0, 0.1) is 6.92 Å². The van der Waals surface area contributed by atoms with E-state index in [0.29, 0.717) is 22.5 Å². The Morgan fingerprint density at radius 1 is 1.15 bits per heavy atom. The van der Waals surface area contributed by atoms with E-state index < -0.39 is 0 Å². The smallest absolute Gasteiger partial charge is 0.274 e. The number of nitrogens with zero attached hydrogens (tertiary/aromatic N) is 1. The molecule has 4 nitrogen and oxygen atoms in total. The summed E-state index contributed by atoms with van der Waals surface area (Å²) in [5.41, 5.74) is 3.53. The zero-order chi connectivity index (χ0) is 14.1. The van der Waals surface area contributed by atoms with Gasteiger partial charge in [-0.05, 0) is 24.6 Å². The van der Waals surface area contributed by atoms with E-state index in [2.05, 4.69) is 9.97 Å². The second-order valence-corrected chi connectivity index (χ2v) is 4.61. The van der Waals surface area contributed by atoms with Gasteiger partial charge in [0.25, 0.3) is 5.56 Å². The third kappa shape index (κ3) is 2.05. The van der Waals surface area contributed by atoms with E-state index in [1.54, 1.807) is 19.2 Å². The molecule has 1 N–H and O–H groups in total. The van der Waals surface area contributed by atoms with Crippen molar-refractivity contribution >= 4 is 11.0 Å². The second kappa shape index (κ2) is 4.81. The van der Waals surface area contributed by atoms with E-state index in [-0.39, 0.29) is 5.56 Å². The predicted molar refractivity (Wildman–Crippen MR) is 79.1 cm³/mol. The van der Waals surface area contributed by atoms with E-state index in [4.69, 9.17) is 4.74 Å². The molecule has 0 radical (unpaired) electrons. The highest BCUT2D eigenvalue weighted by Crippen LogP contribution is 2.21. The van der Waals surface area contributed by atoms with Gasteiger partial charge in [-0.25, -0.2) is 4.98 Å². The van der Waals surface area contributed by atoms with Crippen LogP contribution in [0.3, 0.4) is 0 Å². The monoisotopic (exact) mass is 266 g/mol. The summed E-state index contributed by atoms with van der Waals surface area (Å²) in [5.74, 6) is 0.716. The quantitative estimate of drug-likeness (QED) is 0.776. The molecule has 3 rings (SSSR count). The summed E-state index contributed by atoms with van der Waals surface area (Å²) in [5, 5.41) is 0. The molecule has 0 spiro atoms. The maximum Gasteiger partial charge on any atom is 0.274 e. The first-order valence-corrected chi connectivity index (χ1v) is 6.33. The Morgan fingerprint density at radius 3 is 2.70 bits per heavy atom. The lowest BCUT2D eigenvalue weighted by Gasteiger charge is -2.06. The molecule has 0 atom stereocenters. The maximum atomic E-state index is 12.2. The van der Waals surface area contributed by atoms with Crippen molar-refractivity contribution in [1.82, 2.24) is 9.97 Å². The number of hydrogen-bond donors (Lipinski definition) is 1. The van der Waals surface area contributed by atoms with Crippen LogP contribution in [-0.4, -0.2) is 17.1 Å². The van der Waals surface area contributed by atoms with Gasteiger partial charge in [0, 0.05) is 11.6 Å². The van der Waals surface area contributed by atoms with Crippen molar-refractivity contribution in [1.29, 1.82) is 0 Å². The number of aryl methyl sites for hydroxylation is 1. The molecule has 0 fully saturated rings. The Kier molecular flexibility index (Phi) is 2.99. The van der Waals surface area contributed by atoms with Crippen molar-refractivity contribution in [3.63, 3.8) is 0 Å². The van der Waals surface area contributed by atoms with E-state index in [0.717, 1.165) is 11.1 Å². The highest BCUT2D eigenvalue weighted by molar-refractivity contribution is 5.79. The van der Waals surface area contributed by atoms with Gasteiger partial charge in [-0.2, -0.15) is 0 Å². The van der Waals surface area contributed by atoms with Crippen molar-refractivity contribution in [2.75, 3.05) is 7.11 Å². The van der Waals surface area contributed by atoms with Gasteiger partial charge in [0.2, 0.25) is 0 Å². The standard InChI is InChI=1S/C16H14N2O2/c1-10-5-3-4-6-12(10)15-16(19)18-13-8-7-11(20-2)9-14(13)17-15/h3-9H,1-2H3,(H,18,19). The molecule has 0 aliphatic carbocycles. The summed E-state index contributed by atoms with van der Waals surface area (Å²) >= 11 is 0. The molecule has 20 heavy (non-hydrogen) atoms. The Balaban J connectivity index is 2.28. The Morgan fingerprint density at radius 2 is 1.95 bits per heavy atom. The van der Waals surface area contributed by atoms with Crippen molar-refractivity contribution in [2.24, 2.45) is 0 Å². The van der Waals surface area contributed by atoms with E-state index in [1.165, 1.54) is 0 Å². The first-order valence-electron chi connectivity index (χ1n) is 6.33. The number of nitrogens with one attached hydrogen (secondary N) is 1. The molecule has 1 heterocycles. The molecule has 0 amide bonds. The van der Waals surface area contributed by atoms with E-state index in [9.17, 15) is 4.79 Å².